The summed E-state index contributed by atoms with van der Waals surface area (Å²) in [6, 6.07) is 21.0. The number of rotatable bonds is 12. The third-order valence-electron chi connectivity index (χ3n) is 7.63. The van der Waals surface area contributed by atoms with E-state index in [0.29, 0.717) is 34.1 Å². The van der Waals surface area contributed by atoms with Crippen molar-refractivity contribution in [1.82, 2.24) is 15.0 Å². The van der Waals surface area contributed by atoms with Gasteiger partial charge in [0.05, 0.1) is 40.4 Å². The van der Waals surface area contributed by atoms with Crippen LogP contribution in [0.25, 0.3) is 10.8 Å². The minimum Gasteiger partial charge on any atom is -0.537 e. The number of nitrogens with one attached hydrogen (secondary N) is 2. The molecule has 0 amide bonds. The van der Waals surface area contributed by atoms with E-state index in [2.05, 4.69) is 46.0 Å². The Hall–Kier alpha value is -6.59. The van der Waals surface area contributed by atoms with E-state index in [1.807, 2.05) is 0 Å². The molecule has 6 aromatic rings. The number of hydrogen-bond donors (Lipinski definition) is 6. The fraction of sp³-hybridized carbons (Fsp3) is 0.0606. The largest absolute Gasteiger partial charge is 0.538 e. The maximum Gasteiger partial charge on any atom is 0.538 e. The quantitative estimate of drug-likeness (QED) is 0.0472. The van der Waals surface area contributed by atoms with Gasteiger partial charge in [-0.1, -0.05) is 18.2 Å². The van der Waals surface area contributed by atoms with Crippen LogP contribution in [0.5, 0.6) is 11.8 Å². The molecule has 1 heterocycles. The number of aromatic nitrogens is 3. The minimum atomic E-state index is -4.65. The number of aromatic hydroxyl groups is 1. The number of fused-ring (bicyclic) bond motifs is 1. The van der Waals surface area contributed by atoms with Crippen LogP contribution in [0.4, 0.5) is 46.0 Å². The third kappa shape index (κ3) is 9.14. The molecule has 0 aliphatic carbocycles. The van der Waals surface area contributed by atoms with E-state index in [9.17, 15) is 40.3 Å². The van der Waals surface area contributed by atoms with Crippen molar-refractivity contribution >= 4 is 91.1 Å². The summed E-state index contributed by atoms with van der Waals surface area (Å²) in [5, 5.41) is 32.8. The van der Waals surface area contributed by atoms with Gasteiger partial charge in [-0.3, -0.25) is 9.11 Å². The van der Waals surface area contributed by atoms with E-state index in [0.717, 1.165) is 6.07 Å². The van der Waals surface area contributed by atoms with Crippen LogP contribution in [0.15, 0.2) is 121 Å². The number of ether oxygens (including phenoxy) is 1. The van der Waals surface area contributed by atoms with Gasteiger partial charge in [-0.15, -0.1) is 0 Å². The molecule has 0 saturated heterocycles. The molecule has 280 valence electrons. The van der Waals surface area contributed by atoms with Crippen LogP contribution in [0.3, 0.4) is 0 Å². The molecule has 5 aromatic carbocycles. The molecule has 0 atom stereocenters. The zero-order valence-electron chi connectivity index (χ0n) is 28.3. The molecule has 0 aliphatic rings. The Bertz CT molecular complexity index is 2790. The van der Waals surface area contributed by atoms with Crippen molar-refractivity contribution in [3.8, 4) is 11.8 Å². The normalized spacial score (nSPS) is 12.0. The lowest BCUT2D eigenvalue weighted by molar-refractivity contribution is 0.416. The van der Waals surface area contributed by atoms with Crippen LogP contribution in [-0.2, 0) is 24.7 Å². The molecular weight excluding hydrogens is 775 g/mol. The van der Waals surface area contributed by atoms with Crippen LogP contribution in [0.1, 0.15) is 5.56 Å². The second-order valence-corrected chi connectivity index (χ2v) is 15.4. The first kappa shape index (κ1) is 38.1. The average molecular weight is 802 g/mol. The fourth-order valence-corrected chi connectivity index (χ4v) is 7.09. The number of nitrogens with zero attached hydrogens (tertiary/aromatic N) is 7. The SMILES string of the molecule is COc1cc(N=Nc2cccc(S(=O)(=O)O)c2)ccc1Nc1nc(O)nc(Nc2ccc(N=Nc3cc([Si](=O)O)c4cccc(S(=O)(=O)O)c4c3)c(C)c2)n1. The highest BCUT2D eigenvalue weighted by molar-refractivity contribution is 7.86. The van der Waals surface area contributed by atoms with Crippen molar-refractivity contribution in [3.63, 3.8) is 0 Å². The van der Waals surface area contributed by atoms with Gasteiger partial charge in [-0.2, -0.15) is 52.2 Å². The van der Waals surface area contributed by atoms with Gasteiger partial charge in [0.2, 0.25) is 11.9 Å². The molecule has 0 fully saturated rings. The summed E-state index contributed by atoms with van der Waals surface area (Å²) in [5.41, 5.74) is 2.50. The number of benzene rings is 5. The molecule has 0 radical (unpaired) electrons. The van der Waals surface area contributed by atoms with Crippen molar-refractivity contribution < 1.29 is 45.0 Å². The lowest BCUT2D eigenvalue weighted by Crippen LogP contribution is -2.21. The topological polar surface area (TPSA) is 288 Å². The summed E-state index contributed by atoms with van der Waals surface area (Å²) in [7, 11) is -10.9. The van der Waals surface area contributed by atoms with Crippen molar-refractivity contribution in [3.05, 3.63) is 96.6 Å². The number of azo groups is 2. The Morgan fingerprint density at radius 3 is 2.07 bits per heavy atom. The third-order valence-corrected chi connectivity index (χ3v) is 10.3. The second-order valence-electron chi connectivity index (χ2n) is 11.4. The van der Waals surface area contributed by atoms with Gasteiger partial charge >= 0.3 is 14.9 Å². The van der Waals surface area contributed by atoms with Crippen LogP contribution < -0.4 is 20.6 Å². The Balaban J connectivity index is 1.19. The zero-order valence-corrected chi connectivity index (χ0v) is 31.0. The second kappa shape index (κ2) is 15.4. The Kier molecular flexibility index (Phi) is 10.7. The monoisotopic (exact) mass is 801 g/mol. The van der Waals surface area contributed by atoms with E-state index >= 15 is 0 Å². The van der Waals surface area contributed by atoms with E-state index in [1.165, 1.54) is 61.7 Å². The van der Waals surface area contributed by atoms with Gasteiger partial charge < -0.3 is 29.7 Å². The van der Waals surface area contributed by atoms with Crippen LogP contribution in [-0.4, -0.2) is 66.8 Å². The Morgan fingerprint density at radius 2 is 1.40 bits per heavy atom. The van der Waals surface area contributed by atoms with E-state index < -0.39 is 40.1 Å². The molecule has 19 nitrogen and oxygen atoms in total. The van der Waals surface area contributed by atoms with Crippen molar-refractivity contribution in [2.24, 2.45) is 20.5 Å². The summed E-state index contributed by atoms with van der Waals surface area (Å²) < 4.78 is 83.4. The molecule has 0 unspecified atom stereocenters. The highest BCUT2D eigenvalue weighted by Gasteiger charge is 2.20. The lowest BCUT2D eigenvalue weighted by Gasteiger charge is -2.12. The first-order valence-corrected chi connectivity index (χ1v) is 19.8. The van der Waals surface area contributed by atoms with Gasteiger partial charge in [-0.05, 0) is 84.6 Å². The fourth-order valence-electron chi connectivity index (χ4n) is 5.15. The lowest BCUT2D eigenvalue weighted by atomic mass is 10.1. The van der Waals surface area contributed by atoms with Crippen molar-refractivity contribution in [2.75, 3.05) is 17.7 Å². The summed E-state index contributed by atoms with van der Waals surface area (Å²) in [6.07, 6.45) is 0. The van der Waals surface area contributed by atoms with Gasteiger partial charge in [-0.25, -0.2) is 0 Å². The first-order valence-electron chi connectivity index (χ1n) is 15.5. The number of anilines is 4. The smallest absolute Gasteiger partial charge is 0.537 e. The zero-order chi connectivity index (χ0) is 39.5. The van der Waals surface area contributed by atoms with Crippen LogP contribution in [0, 0.1) is 6.92 Å². The number of methoxy groups -OCH3 is 1. The van der Waals surface area contributed by atoms with E-state index in [1.54, 1.807) is 37.3 Å². The summed E-state index contributed by atoms with van der Waals surface area (Å²) in [4.78, 5) is 21.3. The molecule has 55 heavy (non-hydrogen) atoms. The maximum atomic E-state index is 12.1. The van der Waals surface area contributed by atoms with E-state index in [-0.39, 0.29) is 44.1 Å². The van der Waals surface area contributed by atoms with Crippen LogP contribution >= 0.6 is 0 Å². The average Bonchev–Trinajstić information content (AvgIpc) is 3.12. The Labute approximate surface area is 313 Å². The molecule has 6 rings (SSSR count). The Morgan fingerprint density at radius 1 is 0.709 bits per heavy atom. The van der Waals surface area contributed by atoms with Gasteiger partial charge in [0.15, 0.2) is 0 Å². The molecule has 6 N–H and O–H groups in total. The summed E-state index contributed by atoms with van der Waals surface area (Å²) in [5.74, 6) is 0.212. The number of aryl methyl sites for hydroxylation is 1. The molecule has 22 heteroatoms. The minimum absolute atomic E-state index is 0.0107. The van der Waals surface area contributed by atoms with Gasteiger partial charge in [0.25, 0.3) is 20.2 Å². The molecule has 0 spiro atoms. The van der Waals surface area contributed by atoms with Gasteiger partial charge in [0, 0.05) is 22.3 Å². The first-order chi connectivity index (χ1) is 26.1. The number of hydrogen-bond acceptors (Lipinski definition) is 16. The molecule has 1 aromatic heterocycles. The van der Waals surface area contributed by atoms with Gasteiger partial charge in [0.1, 0.15) is 10.6 Å². The summed E-state index contributed by atoms with van der Waals surface area (Å²) >= 11 is 0. The maximum absolute atomic E-state index is 12.1. The molecular formula is C33H27N9O10S2Si. The predicted molar refractivity (Wildman–Crippen MR) is 199 cm³/mol. The molecule has 0 aliphatic heterocycles. The summed E-state index contributed by atoms with van der Waals surface area (Å²) in [6.45, 7) is 1.73. The molecule has 0 saturated carbocycles. The highest BCUT2D eigenvalue weighted by atomic mass is 32.2. The van der Waals surface area contributed by atoms with Crippen molar-refractivity contribution in [1.29, 1.82) is 0 Å². The van der Waals surface area contributed by atoms with Crippen molar-refractivity contribution in [2.45, 2.75) is 16.7 Å². The molecule has 0 bridgehead atoms. The highest BCUT2D eigenvalue weighted by Crippen LogP contribution is 2.33. The van der Waals surface area contributed by atoms with E-state index in [4.69, 9.17) is 4.74 Å². The predicted octanol–water partition coefficient (Wildman–Crippen LogP) is 5.98. The standard InChI is InChI=1S/C33H27N9O10S2Si/c1-18-13-19(9-11-26(18)42-41-22-15-25-24(30(17-22)55(50)51)7-4-8-29(25)54(47,48)49)34-31-36-32(38-33(43)37-31)35-27-12-10-21(16-28(27)52-2)40-39-20-5-3-6-23(14-20)53(44,45)46/h3-17,50H,1-2H3,(H,44,45,46)(H,47,48,49)(H3,34,35,36,37,38,43). The van der Waals surface area contributed by atoms with Crippen LogP contribution in [0.2, 0.25) is 0 Å².